The van der Waals surface area contributed by atoms with Crippen LogP contribution < -0.4 is 15.0 Å². The zero-order valence-electron chi connectivity index (χ0n) is 11.1. The van der Waals surface area contributed by atoms with Gasteiger partial charge in [0, 0.05) is 16.8 Å². The largest absolute Gasteiger partial charge is 0.454 e. The molecule has 1 aromatic heterocycles. The van der Waals surface area contributed by atoms with Crippen molar-refractivity contribution in [2.24, 2.45) is 0 Å². The summed E-state index contributed by atoms with van der Waals surface area (Å²) in [6.45, 7) is 3.99. The number of halogens is 1. The van der Waals surface area contributed by atoms with Gasteiger partial charge in [0.05, 0.1) is 4.47 Å². The molecule has 1 aliphatic rings. The predicted octanol–water partition coefficient (Wildman–Crippen LogP) is 2.80. The van der Waals surface area contributed by atoms with Crippen LogP contribution in [0.5, 0.6) is 11.5 Å². The second-order valence-corrected chi connectivity index (χ2v) is 5.38. The number of nitrogens with one attached hydrogen (secondary N) is 1. The third-order valence-electron chi connectivity index (χ3n) is 3.28. The first kappa shape index (κ1) is 13.2. The van der Waals surface area contributed by atoms with Crippen molar-refractivity contribution < 1.29 is 9.47 Å². The lowest BCUT2D eigenvalue weighted by molar-refractivity contribution is 0.173. The highest BCUT2D eigenvalue weighted by Gasteiger charge is 2.19. The highest BCUT2D eigenvalue weighted by atomic mass is 79.9. The van der Waals surface area contributed by atoms with Crippen molar-refractivity contribution in [3.8, 4) is 22.9 Å². The Labute approximate surface area is 124 Å². The van der Waals surface area contributed by atoms with E-state index in [4.69, 9.17) is 9.47 Å². The molecule has 0 amide bonds. The molecule has 0 spiro atoms. The summed E-state index contributed by atoms with van der Waals surface area (Å²) in [5, 5.41) is 0. The molecule has 0 saturated heterocycles. The molecule has 20 heavy (non-hydrogen) atoms. The SMILES string of the molecule is CCc1c(C)nc(-c2cc(Br)c3c(c2)OCO3)[nH]c1=O. The van der Waals surface area contributed by atoms with Crippen LogP contribution in [0.25, 0.3) is 11.4 Å². The van der Waals surface area contributed by atoms with E-state index in [1.807, 2.05) is 26.0 Å². The van der Waals surface area contributed by atoms with Crippen molar-refractivity contribution in [3.05, 3.63) is 38.2 Å². The smallest absolute Gasteiger partial charge is 0.254 e. The third kappa shape index (κ3) is 2.10. The van der Waals surface area contributed by atoms with Crippen molar-refractivity contribution in [2.45, 2.75) is 20.3 Å². The molecule has 0 saturated carbocycles. The monoisotopic (exact) mass is 336 g/mol. The average molecular weight is 337 g/mol. The Balaban J connectivity index is 2.15. The molecular weight excluding hydrogens is 324 g/mol. The number of aryl methyl sites for hydroxylation is 1. The standard InChI is InChI=1S/C14H13BrN2O3/c1-3-9-7(2)16-13(17-14(9)18)8-4-10(15)12-11(5-8)19-6-20-12/h4-5H,3,6H2,1-2H3,(H,16,17,18). The Morgan fingerprint density at radius 2 is 2.20 bits per heavy atom. The van der Waals surface area contributed by atoms with Gasteiger partial charge in [0.25, 0.3) is 5.56 Å². The number of aromatic amines is 1. The minimum atomic E-state index is -0.0937. The van der Waals surface area contributed by atoms with Crippen molar-refractivity contribution in [1.82, 2.24) is 9.97 Å². The summed E-state index contributed by atoms with van der Waals surface area (Å²) in [4.78, 5) is 19.3. The van der Waals surface area contributed by atoms with Gasteiger partial charge in [-0.25, -0.2) is 4.98 Å². The minimum Gasteiger partial charge on any atom is -0.454 e. The molecule has 0 fully saturated rings. The Hall–Kier alpha value is -1.82. The van der Waals surface area contributed by atoms with Crippen molar-refractivity contribution in [3.63, 3.8) is 0 Å². The van der Waals surface area contributed by atoms with Gasteiger partial charge in [0.2, 0.25) is 6.79 Å². The molecule has 0 unspecified atom stereocenters. The molecule has 6 heteroatoms. The van der Waals surface area contributed by atoms with Crippen LogP contribution in [-0.2, 0) is 6.42 Å². The topological polar surface area (TPSA) is 64.2 Å². The van der Waals surface area contributed by atoms with Gasteiger partial charge in [-0.15, -0.1) is 0 Å². The van der Waals surface area contributed by atoms with E-state index in [9.17, 15) is 4.79 Å². The van der Waals surface area contributed by atoms with E-state index in [-0.39, 0.29) is 12.4 Å². The van der Waals surface area contributed by atoms with Gasteiger partial charge in [0.1, 0.15) is 5.82 Å². The Morgan fingerprint density at radius 1 is 1.40 bits per heavy atom. The lowest BCUT2D eigenvalue weighted by Gasteiger charge is -2.07. The zero-order chi connectivity index (χ0) is 14.3. The van der Waals surface area contributed by atoms with Crippen LogP contribution in [0.2, 0.25) is 0 Å². The van der Waals surface area contributed by atoms with E-state index in [1.54, 1.807) is 0 Å². The minimum absolute atomic E-state index is 0.0937. The summed E-state index contributed by atoms with van der Waals surface area (Å²) in [5.41, 5.74) is 2.15. The van der Waals surface area contributed by atoms with Gasteiger partial charge in [-0.3, -0.25) is 4.79 Å². The summed E-state index contributed by atoms with van der Waals surface area (Å²) < 4.78 is 11.5. The fourth-order valence-electron chi connectivity index (χ4n) is 2.27. The lowest BCUT2D eigenvalue weighted by Crippen LogP contribution is -2.16. The third-order valence-corrected chi connectivity index (χ3v) is 3.87. The van der Waals surface area contributed by atoms with E-state index in [2.05, 4.69) is 25.9 Å². The van der Waals surface area contributed by atoms with Crippen LogP contribution in [0, 0.1) is 6.92 Å². The molecule has 1 aromatic carbocycles. The average Bonchev–Trinajstić information content (AvgIpc) is 2.87. The van der Waals surface area contributed by atoms with Gasteiger partial charge >= 0.3 is 0 Å². The molecule has 0 aliphatic carbocycles. The van der Waals surface area contributed by atoms with Gasteiger partial charge in [-0.05, 0) is 41.4 Å². The highest BCUT2D eigenvalue weighted by molar-refractivity contribution is 9.10. The number of rotatable bonds is 2. The molecular formula is C14H13BrN2O3. The Bertz CT molecular complexity index is 740. The number of ether oxygens (including phenoxy) is 2. The molecule has 2 heterocycles. The summed E-state index contributed by atoms with van der Waals surface area (Å²) in [7, 11) is 0. The van der Waals surface area contributed by atoms with E-state index in [0.717, 1.165) is 15.7 Å². The van der Waals surface area contributed by atoms with Gasteiger partial charge in [0.15, 0.2) is 11.5 Å². The number of fused-ring (bicyclic) bond motifs is 1. The molecule has 5 nitrogen and oxygen atoms in total. The number of benzene rings is 1. The Kier molecular flexibility index (Phi) is 3.25. The van der Waals surface area contributed by atoms with Crippen LogP contribution in [0.15, 0.2) is 21.4 Å². The molecule has 1 aliphatic heterocycles. The first-order valence-electron chi connectivity index (χ1n) is 6.29. The molecule has 2 aromatic rings. The van der Waals surface area contributed by atoms with Crippen LogP contribution in [-0.4, -0.2) is 16.8 Å². The zero-order valence-corrected chi connectivity index (χ0v) is 12.7. The predicted molar refractivity (Wildman–Crippen MR) is 78.2 cm³/mol. The molecule has 3 rings (SSSR count). The first-order valence-corrected chi connectivity index (χ1v) is 7.08. The van der Waals surface area contributed by atoms with Crippen molar-refractivity contribution in [2.75, 3.05) is 6.79 Å². The van der Waals surface area contributed by atoms with E-state index < -0.39 is 0 Å². The number of hydrogen-bond donors (Lipinski definition) is 1. The number of hydrogen-bond acceptors (Lipinski definition) is 4. The molecule has 0 bridgehead atoms. The molecule has 0 atom stereocenters. The fraction of sp³-hybridized carbons (Fsp3) is 0.286. The van der Waals surface area contributed by atoms with Gasteiger partial charge in [-0.1, -0.05) is 6.92 Å². The summed E-state index contributed by atoms with van der Waals surface area (Å²) in [6, 6.07) is 3.67. The normalized spacial score (nSPS) is 12.8. The second kappa shape index (κ2) is 4.94. The maximum Gasteiger partial charge on any atom is 0.254 e. The van der Waals surface area contributed by atoms with Crippen molar-refractivity contribution >= 4 is 15.9 Å². The van der Waals surface area contributed by atoms with Gasteiger partial charge in [-0.2, -0.15) is 0 Å². The maximum absolute atomic E-state index is 12.0. The second-order valence-electron chi connectivity index (χ2n) is 4.52. The quantitative estimate of drug-likeness (QED) is 0.915. The van der Waals surface area contributed by atoms with Crippen LogP contribution in [0.4, 0.5) is 0 Å². The maximum atomic E-state index is 12.0. The Morgan fingerprint density at radius 3 is 2.90 bits per heavy atom. The summed E-state index contributed by atoms with van der Waals surface area (Å²) in [5.74, 6) is 1.86. The van der Waals surface area contributed by atoms with Crippen LogP contribution >= 0.6 is 15.9 Å². The van der Waals surface area contributed by atoms with Crippen molar-refractivity contribution in [1.29, 1.82) is 0 Å². The molecule has 1 N–H and O–H groups in total. The first-order chi connectivity index (χ1) is 9.60. The summed E-state index contributed by atoms with van der Waals surface area (Å²) in [6.07, 6.45) is 0.666. The fourth-order valence-corrected chi connectivity index (χ4v) is 2.82. The number of aromatic nitrogens is 2. The molecule has 0 radical (unpaired) electrons. The van der Waals surface area contributed by atoms with E-state index in [0.29, 0.717) is 29.3 Å². The van der Waals surface area contributed by atoms with E-state index >= 15 is 0 Å². The number of nitrogens with zero attached hydrogens (tertiary/aromatic N) is 1. The van der Waals surface area contributed by atoms with E-state index in [1.165, 1.54) is 0 Å². The highest BCUT2D eigenvalue weighted by Crippen LogP contribution is 2.41. The van der Waals surface area contributed by atoms with Gasteiger partial charge < -0.3 is 14.5 Å². The summed E-state index contributed by atoms with van der Waals surface area (Å²) >= 11 is 3.44. The number of H-pyrrole nitrogens is 1. The van der Waals surface area contributed by atoms with Crippen LogP contribution in [0.3, 0.4) is 0 Å². The molecule has 104 valence electrons. The van der Waals surface area contributed by atoms with Crippen LogP contribution in [0.1, 0.15) is 18.2 Å². The lowest BCUT2D eigenvalue weighted by atomic mass is 10.1.